The maximum atomic E-state index is 5.36. The molecule has 0 aromatic carbocycles. The molecule has 0 saturated heterocycles. The fourth-order valence-electron chi connectivity index (χ4n) is 1.61. The predicted molar refractivity (Wildman–Crippen MR) is 53.8 cm³/mol. The summed E-state index contributed by atoms with van der Waals surface area (Å²) in [5.41, 5.74) is 1.96. The van der Waals surface area contributed by atoms with E-state index in [1.807, 2.05) is 30.5 Å². The summed E-state index contributed by atoms with van der Waals surface area (Å²) in [6, 6.07) is 7.78. The van der Waals surface area contributed by atoms with Crippen molar-refractivity contribution in [1.82, 2.24) is 9.97 Å². The molecule has 0 fully saturated rings. The quantitative estimate of drug-likeness (QED) is 0.631. The van der Waals surface area contributed by atoms with Crippen LogP contribution in [-0.4, -0.2) is 9.97 Å². The van der Waals surface area contributed by atoms with Crippen molar-refractivity contribution in [2.45, 2.75) is 0 Å². The van der Waals surface area contributed by atoms with Crippen LogP contribution in [0.1, 0.15) is 0 Å². The van der Waals surface area contributed by atoms with Crippen molar-refractivity contribution >= 4 is 11.0 Å². The van der Waals surface area contributed by atoms with Gasteiger partial charge < -0.3 is 9.40 Å². The summed E-state index contributed by atoms with van der Waals surface area (Å²) in [7, 11) is 0. The van der Waals surface area contributed by atoms with Crippen LogP contribution in [0.15, 0.2) is 47.3 Å². The van der Waals surface area contributed by atoms with Crippen LogP contribution < -0.4 is 0 Å². The number of rotatable bonds is 1. The van der Waals surface area contributed by atoms with Crippen LogP contribution in [0, 0.1) is 0 Å². The third-order valence-corrected chi connectivity index (χ3v) is 2.25. The lowest BCUT2D eigenvalue weighted by Gasteiger charge is -1.97. The van der Waals surface area contributed by atoms with Crippen LogP contribution in [0.5, 0.6) is 0 Å². The molecule has 0 atom stereocenters. The van der Waals surface area contributed by atoms with Gasteiger partial charge in [0.25, 0.3) is 0 Å². The lowest BCUT2D eigenvalue weighted by molar-refractivity contribution is 0.583. The first-order valence-electron chi connectivity index (χ1n) is 4.41. The normalized spacial score (nSPS) is 10.9. The minimum atomic E-state index is 0.872. The van der Waals surface area contributed by atoms with E-state index in [0.29, 0.717) is 0 Å². The van der Waals surface area contributed by atoms with Crippen molar-refractivity contribution in [1.29, 1.82) is 0 Å². The van der Waals surface area contributed by atoms with Gasteiger partial charge in [-0.05, 0) is 24.3 Å². The molecule has 0 aliphatic rings. The van der Waals surface area contributed by atoms with Crippen molar-refractivity contribution < 1.29 is 4.42 Å². The zero-order chi connectivity index (χ0) is 9.38. The Morgan fingerprint density at radius 2 is 2.21 bits per heavy atom. The molecule has 0 bridgehead atoms. The van der Waals surface area contributed by atoms with Gasteiger partial charge in [0.15, 0.2) is 0 Å². The largest absolute Gasteiger partial charge is 0.464 e. The summed E-state index contributed by atoms with van der Waals surface area (Å²) in [6.07, 6.45) is 5.33. The second-order valence-corrected chi connectivity index (χ2v) is 3.08. The van der Waals surface area contributed by atoms with Crippen LogP contribution in [0.25, 0.3) is 22.4 Å². The molecule has 68 valence electrons. The smallest absolute Gasteiger partial charge is 0.137 e. The average Bonchev–Trinajstić information content (AvgIpc) is 2.88. The second kappa shape index (κ2) is 2.73. The van der Waals surface area contributed by atoms with Crippen LogP contribution >= 0.6 is 0 Å². The molecular weight excluding hydrogens is 176 g/mol. The lowest BCUT2D eigenvalue weighted by atomic mass is 10.1. The first-order valence-corrected chi connectivity index (χ1v) is 4.41. The van der Waals surface area contributed by atoms with E-state index >= 15 is 0 Å². The number of fused-ring (bicyclic) bond motifs is 1. The molecule has 3 heterocycles. The summed E-state index contributed by atoms with van der Waals surface area (Å²) in [5, 5.41) is 1.09. The summed E-state index contributed by atoms with van der Waals surface area (Å²) < 4.78 is 5.36. The van der Waals surface area contributed by atoms with Gasteiger partial charge in [-0.2, -0.15) is 0 Å². The fourth-order valence-corrected chi connectivity index (χ4v) is 1.61. The van der Waals surface area contributed by atoms with E-state index in [2.05, 4.69) is 9.97 Å². The van der Waals surface area contributed by atoms with E-state index in [4.69, 9.17) is 4.42 Å². The fraction of sp³-hybridized carbons (Fsp3) is 0. The minimum absolute atomic E-state index is 0.872. The zero-order valence-electron chi connectivity index (χ0n) is 7.40. The van der Waals surface area contributed by atoms with E-state index in [1.165, 1.54) is 0 Å². The highest BCUT2D eigenvalue weighted by molar-refractivity contribution is 5.91. The van der Waals surface area contributed by atoms with Gasteiger partial charge in [-0.25, -0.2) is 4.98 Å². The molecule has 0 saturated carbocycles. The number of nitrogens with zero attached hydrogens (tertiary/aromatic N) is 1. The van der Waals surface area contributed by atoms with Crippen LogP contribution in [0.2, 0.25) is 0 Å². The molecule has 14 heavy (non-hydrogen) atoms. The standard InChI is InChI=1S/C11H8N2O/c1-2-10(14-7-1)8-3-5-12-11-9(8)4-6-13-11/h1-7H,(H,12,13). The van der Waals surface area contributed by atoms with Crippen molar-refractivity contribution in [3.05, 3.63) is 42.9 Å². The van der Waals surface area contributed by atoms with E-state index in [-0.39, 0.29) is 0 Å². The third kappa shape index (κ3) is 0.956. The van der Waals surface area contributed by atoms with Gasteiger partial charge in [-0.15, -0.1) is 0 Å². The van der Waals surface area contributed by atoms with Crippen molar-refractivity contribution in [2.75, 3.05) is 0 Å². The minimum Gasteiger partial charge on any atom is -0.464 e. The first kappa shape index (κ1) is 7.38. The molecule has 3 aromatic rings. The number of hydrogen-bond acceptors (Lipinski definition) is 2. The van der Waals surface area contributed by atoms with Crippen molar-refractivity contribution in [2.24, 2.45) is 0 Å². The number of H-pyrrole nitrogens is 1. The lowest BCUT2D eigenvalue weighted by Crippen LogP contribution is -1.79. The van der Waals surface area contributed by atoms with Gasteiger partial charge in [0.2, 0.25) is 0 Å². The summed E-state index contributed by atoms with van der Waals surface area (Å²) in [4.78, 5) is 7.28. The Hall–Kier alpha value is -2.03. The molecule has 3 rings (SSSR count). The second-order valence-electron chi connectivity index (χ2n) is 3.08. The van der Waals surface area contributed by atoms with E-state index in [1.54, 1.807) is 12.5 Å². The van der Waals surface area contributed by atoms with E-state index < -0.39 is 0 Å². The summed E-state index contributed by atoms with van der Waals surface area (Å²) in [6.45, 7) is 0. The van der Waals surface area contributed by atoms with Crippen LogP contribution in [0.4, 0.5) is 0 Å². The Bertz CT molecular complexity index is 551. The number of furan rings is 1. The van der Waals surface area contributed by atoms with Gasteiger partial charge in [-0.1, -0.05) is 0 Å². The highest BCUT2D eigenvalue weighted by atomic mass is 16.3. The highest BCUT2D eigenvalue weighted by Crippen LogP contribution is 2.26. The number of hydrogen-bond donors (Lipinski definition) is 1. The maximum absolute atomic E-state index is 5.36. The maximum Gasteiger partial charge on any atom is 0.137 e. The number of aromatic nitrogens is 2. The molecule has 3 heteroatoms. The molecule has 0 aliphatic carbocycles. The van der Waals surface area contributed by atoms with E-state index in [0.717, 1.165) is 22.4 Å². The van der Waals surface area contributed by atoms with Gasteiger partial charge in [0.05, 0.1) is 6.26 Å². The van der Waals surface area contributed by atoms with Crippen molar-refractivity contribution in [3.63, 3.8) is 0 Å². The average molecular weight is 184 g/mol. The molecule has 0 aliphatic heterocycles. The number of aromatic amines is 1. The third-order valence-electron chi connectivity index (χ3n) is 2.25. The predicted octanol–water partition coefficient (Wildman–Crippen LogP) is 2.82. The Balaban J connectivity index is 2.36. The summed E-state index contributed by atoms with van der Waals surface area (Å²) >= 11 is 0. The first-order chi connectivity index (χ1) is 6.95. The number of pyridine rings is 1. The zero-order valence-corrected chi connectivity index (χ0v) is 7.40. The van der Waals surface area contributed by atoms with Crippen LogP contribution in [-0.2, 0) is 0 Å². The molecule has 3 nitrogen and oxygen atoms in total. The topological polar surface area (TPSA) is 41.8 Å². The molecule has 0 spiro atoms. The molecule has 0 radical (unpaired) electrons. The Morgan fingerprint density at radius 1 is 1.21 bits per heavy atom. The Morgan fingerprint density at radius 3 is 3.07 bits per heavy atom. The van der Waals surface area contributed by atoms with Gasteiger partial charge in [-0.3, -0.25) is 0 Å². The Labute approximate surface area is 80.4 Å². The molecule has 0 unspecified atom stereocenters. The summed E-state index contributed by atoms with van der Waals surface area (Å²) in [5.74, 6) is 0.872. The molecule has 0 amide bonds. The SMILES string of the molecule is c1coc(-c2ccnc3[nH]ccc23)c1. The van der Waals surface area contributed by atoms with E-state index in [9.17, 15) is 0 Å². The van der Waals surface area contributed by atoms with Gasteiger partial charge in [0.1, 0.15) is 11.4 Å². The molecular formula is C11H8N2O. The van der Waals surface area contributed by atoms with Gasteiger partial charge >= 0.3 is 0 Å². The highest BCUT2D eigenvalue weighted by Gasteiger charge is 2.06. The Kier molecular flexibility index (Phi) is 1.44. The molecule has 1 N–H and O–H groups in total. The van der Waals surface area contributed by atoms with Gasteiger partial charge in [0, 0.05) is 23.3 Å². The monoisotopic (exact) mass is 184 g/mol. The molecule has 3 aromatic heterocycles. The van der Waals surface area contributed by atoms with Crippen molar-refractivity contribution in [3.8, 4) is 11.3 Å². The number of nitrogens with one attached hydrogen (secondary N) is 1. The van der Waals surface area contributed by atoms with Crippen LogP contribution in [0.3, 0.4) is 0 Å².